The number of aryl methyl sites for hydroxylation is 2. The summed E-state index contributed by atoms with van der Waals surface area (Å²) in [6, 6.07) is 6.91. The van der Waals surface area contributed by atoms with Gasteiger partial charge in [0.1, 0.15) is 0 Å². The second kappa shape index (κ2) is 7.52. The van der Waals surface area contributed by atoms with Gasteiger partial charge >= 0.3 is 0 Å². The number of methoxy groups -OCH3 is 1. The Kier molecular flexibility index (Phi) is 6.33. The first-order valence-corrected chi connectivity index (χ1v) is 6.56. The zero-order chi connectivity index (χ0) is 13.5. The maximum atomic E-state index is 5.93. The molecule has 0 fully saturated rings. The van der Waals surface area contributed by atoms with Crippen molar-refractivity contribution in [1.82, 2.24) is 4.90 Å². The molecule has 3 heteroatoms. The number of hydrogen-bond acceptors (Lipinski definition) is 3. The summed E-state index contributed by atoms with van der Waals surface area (Å²) >= 11 is 0. The summed E-state index contributed by atoms with van der Waals surface area (Å²) in [4.78, 5) is 2.31. The Labute approximate surface area is 111 Å². The zero-order valence-electron chi connectivity index (χ0n) is 12.1. The third-order valence-electron chi connectivity index (χ3n) is 3.53. The van der Waals surface area contributed by atoms with Gasteiger partial charge in [-0.2, -0.15) is 0 Å². The minimum Gasteiger partial charge on any atom is -0.385 e. The van der Waals surface area contributed by atoms with Gasteiger partial charge in [0.2, 0.25) is 0 Å². The fourth-order valence-electron chi connectivity index (χ4n) is 2.16. The maximum Gasteiger partial charge on any atom is 0.0474 e. The first-order valence-electron chi connectivity index (χ1n) is 6.56. The summed E-state index contributed by atoms with van der Waals surface area (Å²) in [6.07, 6.45) is 1.04. The van der Waals surface area contributed by atoms with Gasteiger partial charge in [0.05, 0.1) is 0 Å². The number of ether oxygens (including phenoxy) is 1. The average Bonchev–Trinajstić information content (AvgIpc) is 2.35. The van der Waals surface area contributed by atoms with Crippen molar-refractivity contribution in [2.45, 2.75) is 26.3 Å². The maximum absolute atomic E-state index is 5.93. The lowest BCUT2D eigenvalue weighted by molar-refractivity contribution is 0.166. The van der Waals surface area contributed by atoms with Crippen LogP contribution in [0.5, 0.6) is 0 Å². The van der Waals surface area contributed by atoms with Crippen LogP contribution in [0.3, 0.4) is 0 Å². The van der Waals surface area contributed by atoms with E-state index in [2.05, 4.69) is 44.0 Å². The Morgan fingerprint density at radius 1 is 1.28 bits per heavy atom. The molecule has 0 spiro atoms. The van der Waals surface area contributed by atoms with E-state index in [4.69, 9.17) is 10.5 Å². The molecule has 2 N–H and O–H groups in total. The van der Waals surface area contributed by atoms with E-state index in [1.165, 1.54) is 16.7 Å². The largest absolute Gasteiger partial charge is 0.385 e. The third-order valence-corrected chi connectivity index (χ3v) is 3.53. The van der Waals surface area contributed by atoms with E-state index in [1.54, 1.807) is 7.11 Å². The molecule has 0 radical (unpaired) electrons. The molecule has 102 valence electrons. The van der Waals surface area contributed by atoms with Gasteiger partial charge in [-0.3, -0.25) is 4.90 Å². The Morgan fingerprint density at radius 2 is 2.00 bits per heavy atom. The summed E-state index contributed by atoms with van der Waals surface area (Å²) in [6.45, 7) is 6.74. The van der Waals surface area contributed by atoms with Crippen LogP contribution in [0.1, 0.15) is 29.2 Å². The summed E-state index contributed by atoms with van der Waals surface area (Å²) in [5, 5.41) is 0. The number of nitrogens with zero attached hydrogens (tertiary/aromatic N) is 1. The van der Waals surface area contributed by atoms with Crippen molar-refractivity contribution in [1.29, 1.82) is 0 Å². The molecule has 18 heavy (non-hydrogen) atoms. The van der Waals surface area contributed by atoms with Crippen molar-refractivity contribution in [3.8, 4) is 0 Å². The Hall–Kier alpha value is -0.900. The molecule has 0 aromatic heterocycles. The van der Waals surface area contributed by atoms with Crippen molar-refractivity contribution in [3.05, 3.63) is 34.9 Å². The van der Waals surface area contributed by atoms with E-state index in [0.717, 1.165) is 19.6 Å². The molecule has 0 heterocycles. The van der Waals surface area contributed by atoms with Crippen molar-refractivity contribution >= 4 is 0 Å². The molecule has 0 bridgehead atoms. The van der Waals surface area contributed by atoms with Crippen LogP contribution < -0.4 is 5.73 Å². The van der Waals surface area contributed by atoms with Crippen LogP contribution in [-0.4, -0.2) is 38.8 Å². The van der Waals surface area contributed by atoms with Gasteiger partial charge in [0.15, 0.2) is 0 Å². The molecule has 0 saturated carbocycles. The average molecular weight is 250 g/mol. The molecule has 1 atom stereocenters. The van der Waals surface area contributed by atoms with Crippen molar-refractivity contribution in [2.24, 2.45) is 5.73 Å². The van der Waals surface area contributed by atoms with E-state index in [1.807, 2.05) is 0 Å². The van der Waals surface area contributed by atoms with E-state index >= 15 is 0 Å². The standard InChI is InChI=1S/C15H26N2O/c1-12-6-7-14(10-13(12)2)15(11-16)17(3)8-5-9-18-4/h6-7,10,15H,5,8-9,11,16H2,1-4H3. The molecular formula is C15H26N2O. The van der Waals surface area contributed by atoms with Gasteiger partial charge in [-0.15, -0.1) is 0 Å². The minimum atomic E-state index is 0.293. The summed E-state index contributed by atoms with van der Waals surface area (Å²) < 4.78 is 5.09. The Balaban J connectivity index is 2.72. The molecule has 1 aromatic carbocycles. The van der Waals surface area contributed by atoms with Crippen LogP contribution >= 0.6 is 0 Å². The zero-order valence-corrected chi connectivity index (χ0v) is 12.1. The van der Waals surface area contributed by atoms with E-state index in [0.29, 0.717) is 12.6 Å². The number of nitrogens with two attached hydrogens (primary N) is 1. The van der Waals surface area contributed by atoms with Crippen molar-refractivity contribution in [3.63, 3.8) is 0 Å². The molecule has 0 saturated heterocycles. The van der Waals surface area contributed by atoms with E-state index < -0.39 is 0 Å². The Bertz CT molecular complexity index is 366. The minimum absolute atomic E-state index is 0.293. The lowest BCUT2D eigenvalue weighted by atomic mass is 10.00. The fraction of sp³-hybridized carbons (Fsp3) is 0.600. The van der Waals surface area contributed by atoms with Gasteiger partial charge in [-0.05, 0) is 44.0 Å². The van der Waals surface area contributed by atoms with Crippen LogP contribution in [-0.2, 0) is 4.74 Å². The summed E-state index contributed by atoms with van der Waals surface area (Å²) in [5.41, 5.74) is 9.89. The molecule has 3 nitrogen and oxygen atoms in total. The SMILES string of the molecule is COCCCN(C)C(CN)c1ccc(C)c(C)c1. The molecule has 0 aliphatic carbocycles. The highest BCUT2D eigenvalue weighted by atomic mass is 16.5. The van der Waals surface area contributed by atoms with Crippen LogP contribution in [0.25, 0.3) is 0 Å². The topological polar surface area (TPSA) is 38.5 Å². The number of hydrogen-bond donors (Lipinski definition) is 1. The number of benzene rings is 1. The monoisotopic (exact) mass is 250 g/mol. The molecule has 1 unspecified atom stereocenters. The Morgan fingerprint density at radius 3 is 2.56 bits per heavy atom. The highest BCUT2D eigenvalue weighted by Crippen LogP contribution is 2.21. The van der Waals surface area contributed by atoms with Crippen LogP contribution in [0.4, 0.5) is 0 Å². The second-order valence-electron chi connectivity index (χ2n) is 4.92. The molecule has 0 aliphatic heterocycles. The van der Waals surface area contributed by atoms with Gasteiger partial charge in [0.25, 0.3) is 0 Å². The summed E-state index contributed by atoms with van der Waals surface area (Å²) in [5.74, 6) is 0. The van der Waals surface area contributed by atoms with Gasteiger partial charge < -0.3 is 10.5 Å². The molecule has 1 aromatic rings. The molecular weight excluding hydrogens is 224 g/mol. The van der Waals surface area contributed by atoms with Gasteiger partial charge in [-0.1, -0.05) is 18.2 Å². The summed E-state index contributed by atoms with van der Waals surface area (Å²) in [7, 11) is 3.87. The lowest BCUT2D eigenvalue weighted by Crippen LogP contribution is -2.31. The lowest BCUT2D eigenvalue weighted by Gasteiger charge is -2.27. The normalized spacial score (nSPS) is 13.0. The first-order chi connectivity index (χ1) is 8.60. The third kappa shape index (κ3) is 4.09. The first kappa shape index (κ1) is 15.2. The predicted octanol–water partition coefficient (Wildman–Crippen LogP) is 2.27. The van der Waals surface area contributed by atoms with Gasteiger partial charge in [-0.25, -0.2) is 0 Å². The van der Waals surface area contributed by atoms with Crippen molar-refractivity contribution < 1.29 is 4.74 Å². The second-order valence-corrected chi connectivity index (χ2v) is 4.92. The van der Waals surface area contributed by atoms with Crippen molar-refractivity contribution in [2.75, 3.05) is 33.9 Å². The van der Waals surface area contributed by atoms with E-state index in [-0.39, 0.29) is 0 Å². The quantitative estimate of drug-likeness (QED) is 0.755. The molecule has 1 rings (SSSR count). The van der Waals surface area contributed by atoms with E-state index in [9.17, 15) is 0 Å². The smallest absolute Gasteiger partial charge is 0.0474 e. The fourth-order valence-corrected chi connectivity index (χ4v) is 2.16. The predicted molar refractivity (Wildman–Crippen MR) is 76.8 cm³/mol. The van der Waals surface area contributed by atoms with Crippen LogP contribution in [0, 0.1) is 13.8 Å². The van der Waals surface area contributed by atoms with Crippen LogP contribution in [0.15, 0.2) is 18.2 Å². The number of likely N-dealkylation sites (N-methyl/N-ethyl adjacent to an activating group) is 1. The molecule has 0 aliphatic rings. The highest BCUT2D eigenvalue weighted by molar-refractivity contribution is 5.31. The molecule has 0 amide bonds. The van der Waals surface area contributed by atoms with Crippen LogP contribution in [0.2, 0.25) is 0 Å². The highest BCUT2D eigenvalue weighted by Gasteiger charge is 2.15. The van der Waals surface area contributed by atoms with Gasteiger partial charge in [0, 0.05) is 32.8 Å². The number of rotatable bonds is 7.